The lowest BCUT2D eigenvalue weighted by Gasteiger charge is -2.09. The lowest BCUT2D eigenvalue weighted by atomic mass is 10.1. The Morgan fingerprint density at radius 1 is 1.08 bits per heavy atom. The number of aromatic amines is 1. The summed E-state index contributed by atoms with van der Waals surface area (Å²) in [6.45, 7) is 6.10. The van der Waals surface area contributed by atoms with Crippen molar-refractivity contribution in [3.63, 3.8) is 0 Å². The van der Waals surface area contributed by atoms with Crippen LogP contribution >= 0.6 is 0 Å². The fraction of sp³-hybridized carbons (Fsp3) is 0.235. The molecule has 2 aromatic rings. The molecule has 2 amide bonds. The van der Waals surface area contributed by atoms with Crippen LogP contribution in [0.2, 0.25) is 0 Å². The van der Waals surface area contributed by atoms with Gasteiger partial charge in [0.1, 0.15) is 11.5 Å². The molecule has 0 saturated carbocycles. The number of aromatic nitrogens is 1. The molecule has 0 aliphatic heterocycles. The van der Waals surface area contributed by atoms with Crippen LogP contribution in [0.4, 0.5) is 15.8 Å². The molecule has 24 heavy (non-hydrogen) atoms. The normalized spacial score (nSPS) is 10.4. The average Bonchev–Trinajstić information content (AvgIpc) is 2.77. The van der Waals surface area contributed by atoms with Gasteiger partial charge in [0.15, 0.2) is 5.78 Å². The maximum Gasteiger partial charge on any atom is 0.272 e. The van der Waals surface area contributed by atoms with Gasteiger partial charge in [-0.15, -0.1) is 0 Å². The zero-order valence-electron chi connectivity index (χ0n) is 13.8. The first-order valence-corrected chi connectivity index (χ1v) is 7.29. The van der Waals surface area contributed by atoms with Crippen molar-refractivity contribution in [1.82, 2.24) is 4.98 Å². The van der Waals surface area contributed by atoms with E-state index in [1.807, 2.05) is 0 Å². The average molecular weight is 331 g/mol. The molecule has 0 aliphatic carbocycles. The van der Waals surface area contributed by atoms with E-state index in [2.05, 4.69) is 15.6 Å². The van der Waals surface area contributed by atoms with Gasteiger partial charge < -0.3 is 15.6 Å². The predicted molar refractivity (Wildman–Crippen MR) is 88.9 cm³/mol. The Morgan fingerprint density at radius 3 is 2.29 bits per heavy atom. The second-order valence-corrected chi connectivity index (χ2v) is 5.51. The number of ketones is 1. The van der Waals surface area contributed by atoms with E-state index in [1.165, 1.54) is 26.0 Å². The fourth-order valence-corrected chi connectivity index (χ4v) is 2.59. The SMILES string of the molecule is CC(=O)Nc1cc(NC(=O)c2[nH]c(C)c(C(C)=O)c2C)ccc1F. The highest BCUT2D eigenvalue weighted by atomic mass is 19.1. The number of hydrogen-bond donors (Lipinski definition) is 3. The fourth-order valence-electron chi connectivity index (χ4n) is 2.59. The van der Waals surface area contributed by atoms with Crippen molar-refractivity contribution < 1.29 is 18.8 Å². The first kappa shape index (κ1) is 17.4. The van der Waals surface area contributed by atoms with Crippen LogP contribution in [-0.2, 0) is 4.79 Å². The number of carbonyl (C=O) groups excluding carboxylic acids is 3. The van der Waals surface area contributed by atoms with Gasteiger partial charge in [0.2, 0.25) is 5.91 Å². The number of Topliss-reactive ketones (excluding diaryl/α,β-unsaturated/α-hetero) is 1. The third-order valence-electron chi connectivity index (χ3n) is 3.55. The molecule has 2 rings (SSSR count). The number of rotatable bonds is 4. The number of halogens is 1. The van der Waals surface area contributed by atoms with Crippen molar-refractivity contribution in [1.29, 1.82) is 0 Å². The maximum absolute atomic E-state index is 13.6. The van der Waals surface area contributed by atoms with Crippen LogP contribution in [0.5, 0.6) is 0 Å². The summed E-state index contributed by atoms with van der Waals surface area (Å²) >= 11 is 0. The first-order valence-electron chi connectivity index (χ1n) is 7.29. The molecule has 126 valence electrons. The van der Waals surface area contributed by atoms with Crippen molar-refractivity contribution in [2.45, 2.75) is 27.7 Å². The van der Waals surface area contributed by atoms with Gasteiger partial charge in [-0.05, 0) is 44.5 Å². The monoisotopic (exact) mass is 331 g/mol. The van der Waals surface area contributed by atoms with E-state index in [1.54, 1.807) is 13.8 Å². The van der Waals surface area contributed by atoms with Crippen LogP contribution in [0.3, 0.4) is 0 Å². The Balaban J connectivity index is 2.29. The van der Waals surface area contributed by atoms with E-state index in [0.717, 1.165) is 6.07 Å². The third kappa shape index (κ3) is 3.51. The van der Waals surface area contributed by atoms with E-state index in [0.29, 0.717) is 22.5 Å². The summed E-state index contributed by atoms with van der Waals surface area (Å²) in [6, 6.07) is 3.86. The molecule has 0 unspecified atom stereocenters. The zero-order chi connectivity index (χ0) is 18.0. The van der Waals surface area contributed by atoms with Crippen LogP contribution in [0, 0.1) is 19.7 Å². The van der Waals surface area contributed by atoms with E-state index in [4.69, 9.17) is 0 Å². The lowest BCUT2D eigenvalue weighted by molar-refractivity contribution is -0.114. The topological polar surface area (TPSA) is 91.1 Å². The number of amides is 2. The molecule has 0 fully saturated rings. The minimum atomic E-state index is -0.603. The van der Waals surface area contributed by atoms with Gasteiger partial charge in [0, 0.05) is 23.9 Å². The van der Waals surface area contributed by atoms with Gasteiger partial charge in [-0.25, -0.2) is 4.39 Å². The summed E-state index contributed by atoms with van der Waals surface area (Å²) in [5.41, 5.74) is 2.22. The Hall–Kier alpha value is -2.96. The summed E-state index contributed by atoms with van der Waals surface area (Å²) in [5.74, 6) is -1.60. The zero-order valence-corrected chi connectivity index (χ0v) is 13.8. The molecule has 0 saturated heterocycles. The van der Waals surface area contributed by atoms with Crippen LogP contribution < -0.4 is 10.6 Å². The molecular formula is C17H18FN3O3. The molecule has 0 spiro atoms. The quantitative estimate of drug-likeness (QED) is 0.751. The molecule has 0 radical (unpaired) electrons. The largest absolute Gasteiger partial charge is 0.354 e. The molecule has 7 heteroatoms. The van der Waals surface area contributed by atoms with Crippen molar-refractivity contribution in [2.75, 3.05) is 10.6 Å². The van der Waals surface area contributed by atoms with E-state index >= 15 is 0 Å². The number of aryl methyl sites for hydroxylation is 1. The number of anilines is 2. The summed E-state index contributed by atoms with van der Waals surface area (Å²) in [4.78, 5) is 38.0. The highest BCUT2D eigenvalue weighted by molar-refractivity contribution is 6.07. The van der Waals surface area contributed by atoms with Gasteiger partial charge in [-0.2, -0.15) is 0 Å². The molecular weight excluding hydrogens is 313 g/mol. The Kier molecular flexibility index (Phi) is 4.82. The highest BCUT2D eigenvalue weighted by Crippen LogP contribution is 2.22. The van der Waals surface area contributed by atoms with Gasteiger partial charge in [0.05, 0.1) is 5.69 Å². The minimum Gasteiger partial charge on any atom is -0.354 e. The molecule has 1 heterocycles. The van der Waals surface area contributed by atoms with Crippen LogP contribution in [0.25, 0.3) is 0 Å². The summed E-state index contributed by atoms with van der Waals surface area (Å²) < 4.78 is 13.6. The van der Waals surface area contributed by atoms with Crippen molar-refractivity contribution in [2.24, 2.45) is 0 Å². The third-order valence-corrected chi connectivity index (χ3v) is 3.55. The summed E-state index contributed by atoms with van der Waals surface area (Å²) in [7, 11) is 0. The molecule has 3 N–H and O–H groups in total. The smallest absolute Gasteiger partial charge is 0.272 e. The summed E-state index contributed by atoms with van der Waals surface area (Å²) in [6.07, 6.45) is 0. The Bertz CT molecular complexity index is 840. The molecule has 6 nitrogen and oxygen atoms in total. The van der Waals surface area contributed by atoms with Crippen molar-refractivity contribution in [3.8, 4) is 0 Å². The number of nitrogens with one attached hydrogen (secondary N) is 3. The predicted octanol–water partition coefficient (Wildman–Crippen LogP) is 3.18. The van der Waals surface area contributed by atoms with Gasteiger partial charge >= 0.3 is 0 Å². The summed E-state index contributed by atoms with van der Waals surface area (Å²) in [5, 5.41) is 4.97. The number of hydrogen-bond acceptors (Lipinski definition) is 3. The molecule has 0 aliphatic rings. The van der Waals surface area contributed by atoms with Gasteiger partial charge in [-0.1, -0.05) is 0 Å². The number of H-pyrrole nitrogens is 1. The standard InChI is InChI=1S/C17H18FN3O3/c1-8-15(10(3)22)9(2)19-16(8)17(24)21-12-5-6-13(18)14(7-12)20-11(4)23/h5-7,19H,1-4H3,(H,20,23)(H,21,24). The Labute approximate surface area is 138 Å². The van der Waals surface area contributed by atoms with Crippen LogP contribution in [-0.4, -0.2) is 22.6 Å². The van der Waals surface area contributed by atoms with E-state index in [-0.39, 0.29) is 17.2 Å². The van der Waals surface area contributed by atoms with Crippen molar-refractivity contribution >= 4 is 29.0 Å². The van der Waals surface area contributed by atoms with Gasteiger partial charge in [0.25, 0.3) is 5.91 Å². The number of carbonyl (C=O) groups is 3. The van der Waals surface area contributed by atoms with Crippen molar-refractivity contribution in [3.05, 3.63) is 46.5 Å². The molecule has 1 aromatic carbocycles. The van der Waals surface area contributed by atoms with Crippen LogP contribution in [0.15, 0.2) is 18.2 Å². The van der Waals surface area contributed by atoms with Gasteiger partial charge in [-0.3, -0.25) is 14.4 Å². The Morgan fingerprint density at radius 2 is 1.75 bits per heavy atom. The maximum atomic E-state index is 13.6. The minimum absolute atomic E-state index is 0.0240. The second kappa shape index (κ2) is 6.66. The highest BCUT2D eigenvalue weighted by Gasteiger charge is 2.20. The van der Waals surface area contributed by atoms with Crippen LogP contribution in [0.1, 0.15) is 46.0 Å². The molecule has 0 bridgehead atoms. The van der Waals surface area contributed by atoms with E-state index in [9.17, 15) is 18.8 Å². The second-order valence-electron chi connectivity index (χ2n) is 5.51. The lowest BCUT2D eigenvalue weighted by Crippen LogP contribution is -2.15. The molecule has 1 aromatic heterocycles. The first-order chi connectivity index (χ1) is 11.2. The number of benzene rings is 1. The molecule has 0 atom stereocenters. The van der Waals surface area contributed by atoms with E-state index < -0.39 is 17.6 Å².